The van der Waals surface area contributed by atoms with Gasteiger partial charge in [0.25, 0.3) is 0 Å². The summed E-state index contributed by atoms with van der Waals surface area (Å²) in [4.78, 5) is 0. The molecule has 0 spiro atoms. The molecule has 0 aromatic heterocycles. The minimum Gasteiger partial charge on any atom is -0.308 e. The Kier molecular flexibility index (Phi) is 4.80. The van der Waals surface area contributed by atoms with Gasteiger partial charge in [0.1, 0.15) is 0 Å². The van der Waals surface area contributed by atoms with Crippen LogP contribution in [0.15, 0.2) is 24.3 Å². The molecule has 0 fully saturated rings. The zero-order valence-electron chi connectivity index (χ0n) is 9.27. The van der Waals surface area contributed by atoms with Gasteiger partial charge >= 0.3 is 6.18 Å². The summed E-state index contributed by atoms with van der Waals surface area (Å²) in [6.45, 7) is 1.50. The zero-order chi connectivity index (χ0) is 12.0. The third kappa shape index (κ3) is 5.16. The predicted molar refractivity (Wildman–Crippen MR) is 58.4 cm³/mol. The molecule has 0 aliphatic carbocycles. The quantitative estimate of drug-likeness (QED) is 0.768. The maximum atomic E-state index is 11.8. The van der Waals surface area contributed by atoms with Gasteiger partial charge in [-0.15, -0.1) is 0 Å². The van der Waals surface area contributed by atoms with E-state index in [0.717, 1.165) is 12.0 Å². The number of aryl methyl sites for hydroxylation is 1. The topological polar surface area (TPSA) is 12.0 Å². The molecule has 16 heavy (non-hydrogen) atoms. The van der Waals surface area contributed by atoms with Crippen molar-refractivity contribution in [2.24, 2.45) is 0 Å². The van der Waals surface area contributed by atoms with Gasteiger partial charge in [-0.05, 0) is 30.5 Å². The highest BCUT2D eigenvalue weighted by Gasteiger charge is 2.25. The van der Waals surface area contributed by atoms with E-state index in [2.05, 4.69) is 12.2 Å². The SMILES string of the molecule is CCc1ccc(CCNCC(F)(F)F)cc1. The summed E-state index contributed by atoms with van der Waals surface area (Å²) < 4.78 is 35.5. The Labute approximate surface area is 93.7 Å². The molecule has 90 valence electrons. The third-order valence-electron chi connectivity index (χ3n) is 2.35. The Hall–Kier alpha value is -1.03. The molecule has 0 aliphatic rings. The molecule has 0 bridgehead atoms. The molecule has 0 amide bonds. The van der Waals surface area contributed by atoms with Crippen molar-refractivity contribution in [3.63, 3.8) is 0 Å². The number of benzene rings is 1. The van der Waals surface area contributed by atoms with Gasteiger partial charge in [-0.2, -0.15) is 13.2 Å². The maximum Gasteiger partial charge on any atom is 0.401 e. The molecule has 0 aliphatic heterocycles. The molecule has 0 saturated carbocycles. The van der Waals surface area contributed by atoms with E-state index in [1.54, 1.807) is 0 Å². The molecule has 0 atom stereocenters. The minimum absolute atomic E-state index is 0.352. The second-order valence-electron chi connectivity index (χ2n) is 3.71. The van der Waals surface area contributed by atoms with E-state index in [1.165, 1.54) is 5.56 Å². The van der Waals surface area contributed by atoms with E-state index >= 15 is 0 Å². The molecule has 1 aromatic carbocycles. The molecule has 1 rings (SSSR count). The van der Waals surface area contributed by atoms with E-state index < -0.39 is 12.7 Å². The van der Waals surface area contributed by atoms with Crippen LogP contribution in [0, 0.1) is 0 Å². The maximum absolute atomic E-state index is 11.8. The Bertz CT molecular complexity index is 303. The number of hydrogen-bond acceptors (Lipinski definition) is 1. The number of nitrogens with one attached hydrogen (secondary N) is 1. The summed E-state index contributed by atoms with van der Waals surface area (Å²) in [7, 11) is 0. The van der Waals surface area contributed by atoms with Gasteiger partial charge in [-0.3, -0.25) is 0 Å². The van der Waals surface area contributed by atoms with Crippen LogP contribution >= 0.6 is 0 Å². The van der Waals surface area contributed by atoms with Crippen molar-refractivity contribution in [3.05, 3.63) is 35.4 Å². The molecule has 1 aromatic rings. The number of halogens is 3. The largest absolute Gasteiger partial charge is 0.401 e. The van der Waals surface area contributed by atoms with Crippen LogP contribution in [-0.2, 0) is 12.8 Å². The average Bonchev–Trinajstić information content (AvgIpc) is 2.24. The second-order valence-corrected chi connectivity index (χ2v) is 3.71. The molecular formula is C12H16F3N. The van der Waals surface area contributed by atoms with Gasteiger partial charge in [-0.1, -0.05) is 31.2 Å². The summed E-state index contributed by atoms with van der Waals surface area (Å²) in [6, 6.07) is 7.96. The molecule has 1 nitrogen and oxygen atoms in total. The van der Waals surface area contributed by atoms with Crippen LogP contribution in [0.4, 0.5) is 13.2 Å². The smallest absolute Gasteiger partial charge is 0.308 e. The van der Waals surface area contributed by atoms with Crippen LogP contribution in [-0.4, -0.2) is 19.3 Å². The Morgan fingerprint density at radius 1 is 1.06 bits per heavy atom. The molecule has 0 heterocycles. The van der Waals surface area contributed by atoms with Crippen molar-refractivity contribution in [1.82, 2.24) is 5.32 Å². The Morgan fingerprint density at radius 2 is 1.62 bits per heavy atom. The van der Waals surface area contributed by atoms with Crippen molar-refractivity contribution in [2.45, 2.75) is 25.9 Å². The summed E-state index contributed by atoms with van der Waals surface area (Å²) in [6.07, 6.45) is -2.52. The predicted octanol–water partition coefficient (Wildman–Crippen LogP) is 2.94. The first-order valence-electron chi connectivity index (χ1n) is 5.36. The van der Waals surface area contributed by atoms with Crippen molar-refractivity contribution in [1.29, 1.82) is 0 Å². The first-order chi connectivity index (χ1) is 7.51. The summed E-state index contributed by atoms with van der Waals surface area (Å²) in [5.41, 5.74) is 2.30. The van der Waals surface area contributed by atoms with Crippen molar-refractivity contribution < 1.29 is 13.2 Å². The monoisotopic (exact) mass is 231 g/mol. The van der Waals surface area contributed by atoms with Crippen LogP contribution in [0.1, 0.15) is 18.1 Å². The first kappa shape index (κ1) is 13.0. The lowest BCUT2D eigenvalue weighted by molar-refractivity contribution is -0.124. The van der Waals surface area contributed by atoms with Crippen LogP contribution in [0.3, 0.4) is 0 Å². The fraction of sp³-hybridized carbons (Fsp3) is 0.500. The molecule has 0 saturated heterocycles. The van der Waals surface area contributed by atoms with Gasteiger partial charge in [0.15, 0.2) is 0 Å². The van der Waals surface area contributed by atoms with Crippen molar-refractivity contribution >= 4 is 0 Å². The van der Waals surface area contributed by atoms with Crippen LogP contribution in [0.2, 0.25) is 0 Å². The highest BCUT2D eigenvalue weighted by atomic mass is 19.4. The summed E-state index contributed by atoms with van der Waals surface area (Å²) in [5, 5.41) is 2.38. The van der Waals surface area contributed by atoms with E-state index in [9.17, 15) is 13.2 Å². The third-order valence-corrected chi connectivity index (χ3v) is 2.35. The van der Waals surface area contributed by atoms with E-state index in [-0.39, 0.29) is 0 Å². The fourth-order valence-corrected chi connectivity index (χ4v) is 1.40. The van der Waals surface area contributed by atoms with E-state index in [0.29, 0.717) is 13.0 Å². The van der Waals surface area contributed by atoms with E-state index in [4.69, 9.17) is 0 Å². The van der Waals surface area contributed by atoms with Gasteiger partial charge in [0.05, 0.1) is 6.54 Å². The normalized spacial score (nSPS) is 11.8. The van der Waals surface area contributed by atoms with Gasteiger partial charge in [0, 0.05) is 0 Å². The van der Waals surface area contributed by atoms with E-state index in [1.807, 2.05) is 24.3 Å². The summed E-state index contributed by atoms with van der Waals surface area (Å²) in [5.74, 6) is 0. The minimum atomic E-state index is -4.12. The number of hydrogen-bond donors (Lipinski definition) is 1. The standard InChI is InChI=1S/C12H16F3N/c1-2-10-3-5-11(6-4-10)7-8-16-9-12(13,14)15/h3-6,16H,2,7-9H2,1H3. The first-order valence-corrected chi connectivity index (χ1v) is 5.36. The summed E-state index contributed by atoms with van der Waals surface area (Å²) >= 11 is 0. The van der Waals surface area contributed by atoms with Crippen molar-refractivity contribution in [3.8, 4) is 0 Å². The number of alkyl halides is 3. The van der Waals surface area contributed by atoms with Gasteiger partial charge < -0.3 is 5.32 Å². The van der Waals surface area contributed by atoms with Crippen molar-refractivity contribution in [2.75, 3.05) is 13.1 Å². The average molecular weight is 231 g/mol. The second kappa shape index (κ2) is 5.89. The molecule has 4 heteroatoms. The lowest BCUT2D eigenvalue weighted by Crippen LogP contribution is -2.30. The Morgan fingerprint density at radius 3 is 2.12 bits per heavy atom. The van der Waals surface area contributed by atoms with Gasteiger partial charge in [0.2, 0.25) is 0 Å². The highest BCUT2D eigenvalue weighted by Crippen LogP contribution is 2.12. The lowest BCUT2D eigenvalue weighted by Gasteiger charge is -2.08. The van der Waals surface area contributed by atoms with Crippen LogP contribution < -0.4 is 5.32 Å². The highest BCUT2D eigenvalue weighted by molar-refractivity contribution is 5.22. The van der Waals surface area contributed by atoms with Gasteiger partial charge in [-0.25, -0.2) is 0 Å². The molecular weight excluding hydrogens is 215 g/mol. The lowest BCUT2D eigenvalue weighted by atomic mass is 10.1. The Balaban J connectivity index is 2.27. The van der Waals surface area contributed by atoms with Crippen LogP contribution in [0.5, 0.6) is 0 Å². The zero-order valence-corrected chi connectivity index (χ0v) is 9.27. The van der Waals surface area contributed by atoms with Crippen LogP contribution in [0.25, 0.3) is 0 Å². The molecule has 1 N–H and O–H groups in total. The fourth-order valence-electron chi connectivity index (χ4n) is 1.40. The molecule has 0 radical (unpaired) electrons. The number of rotatable bonds is 5. The molecule has 0 unspecified atom stereocenters.